The normalized spacial score (nSPS) is 13.6. The summed E-state index contributed by atoms with van der Waals surface area (Å²) in [6, 6.07) is 4.97. The van der Waals surface area contributed by atoms with Crippen LogP contribution in [0.3, 0.4) is 0 Å². The zero-order valence-electron chi connectivity index (χ0n) is 10.6. The van der Waals surface area contributed by atoms with Crippen molar-refractivity contribution in [1.82, 2.24) is 4.72 Å². The first-order chi connectivity index (χ1) is 8.40. The van der Waals surface area contributed by atoms with E-state index < -0.39 is 10.0 Å². The third-order valence-corrected chi connectivity index (χ3v) is 5.17. The first-order valence-corrected chi connectivity index (χ1v) is 8.19. The van der Waals surface area contributed by atoms with Gasteiger partial charge in [-0.1, -0.05) is 19.4 Å². The monoisotopic (exact) mass is 334 g/mol. The van der Waals surface area contributed by atoms with E-state index in [1.54, 1.807) is 18.2 Å². The molecule has 0 radical (unpaired) electrons. The molecule has 0 fully saturated rings. The first-order valence-electron chi connectivity index (χ1n) is 5.91. The number of rotatable bonds is 6. The van der Waals surface area contributed by atoms with Gasteiger partial charge in [0.05, 0.1) is 4.90 Å². The van der Waals surface area contributed by atoms with Crippen LogP contribution >= 0.6 is 15.9 Å². The molecule has 1 rings (SSSR count). The molecule has 1 aromatic carbocycles. The highest BCUT2D eigenvalue weighted by Gasteiger charge is 2.19. The minimum atomic E-state index is -3.48. The van der Waals surface area contributed by atoms with E-state index in [2.05, 4.69) is 20.7 Å². The molecule has 3 N–H and O–H groups in total. The number of benzene rings is 1. The number of halogens is 1. The van der Waals surface area contributed by atoms with E-state index in [9.17, 15) is 8.42 Å². The fourth-order valence-corrected chi connectivity index (χ4v) is 4.11. The van der Waals surface area contributed by atoms with Crippen molar-refractivity contribution in [1.29, 1.82) is 0 Å². The van der Waals surface area contributed by atoms with E-state index >= 15 is 0 Å². The van der Waals surface area contributed by atoms with Crippen molar-refractivity contribution in [3.05, 3.63) is 28.2 Å². The standard InChI is InChI=1S/C12H19BrN2O2S/c1-3-4-9(2)15-18(16,17)12-6-5-10(8-14)7-11(12)13/h5-7,9,15H,3-4,8,14H2,1-2H3. The predicted molar refractivity (Wildman–Crippen MR) is 76.7 cm³/mol. The maximum atomic E-state index is 12.2. The van der Waals surface area contributed by atoms with Crippen molar-refractivity contribution in [3.63, 3.8) is 0 Å². The minimum Gasteiger partial charge on any atom is -0.326 e. The van der Waals surface area contributed by atoms with Gasteiger partial charge in [0, 0.05) is 17.1 Å². The zero-order valence-corrected chi connectivity index (χ0v) is 13.0. The summed E-state index contributed by atoms with van der Waals surface area (Å²) in [4.78, 5) is 0.252. The largest absolute Gasteiger partial charge is 0.326 e. The Labute approximate surface area is 117 Å². The van der Waals surface area contributed by atoms with Crippen LogP contribution < -0.4 is 10.5 Å². The van der Waals surface area contributed by atoms with Crippen LogP contribution in [0, 0.1) is 0 Å². The Morgan fingerprint density at radius 2 is 2.11 bits per heavy atom. The summed E-state index contributed by atoms with van der Waals surface area (Å²) in [6.07, 6.45) is 1.76. The van der Waals surface area contributed by atoms with Gasteiger partial charge < -0.3 is 5.73 Å². The van der Waals surface area contributed by atoms with Gasteiger partial charge >= 0.3 is 0 Å². The molecule has 0 aliphatic rings. The van der Waals surface area contributed by atoms with Gasteiger partial charge in [-0.2, -0.15) is 0 Å². The fraction of sp³-hybridized carbons (Fsp3) is 0.500. The SMILES string of the molecule is CCCC(C)NS(=O)(=O)c1ccc(CN)cc1Br. The number of hydrogen-bond acceptors (Lipinski definition) is 3. The third kappa shape index (κ3) is 4.05. The summed E-state index contributed by atoms with van der Waals surface area (Å²) in [6.45, 7) is 4.28. The maximum absolute atomic E-state index is 12.2. The first kappa shape index (κ1) is 15.6. The average molecular weight is 335 g/mol. The molecule has 0 aromatic heterocycles. The molecule has 1 atom stereocenters. The van der Waals surface area contributed by atoms with Gasteiger partial charge in [-0.25, -0.2) is 13.1 Å². The van der Waals surface area contributed by atoms with Gasteiger partial charge in [0.2, 0.25) is 10.0 Å². The highest BCUT2D eigenvalue weighted by atomic mass is 79.9. The summed E-state index contributed by atoms with van der Waals surface area (Å²) in [7, 11) is -3.48. The zero-order chi connectivity index (χ0) is 13.8. The highest BCUT2D eigenvalue weighted by Crippen LogP contribution is 2.23. The summed E-state index contributed by atoms with van der Waals surface area (Å²) >= 11 is 3.28. The lowest BCUT2D eigenvalue weighted by Crippen LogP contribution is -2.32. The van der Waals surface area contributed by atoms with Gasteiger partial charge in [0.15, 0.2) is 0 Å². The molecule has 0 spiro atoms. The Kier molecular flexibility index (Phi) is 5.78. The lowest BCUT2D eigenvalue weighted by atomic mass is 10.2. The second-order valence-corrected chi connectivity index (χ2v) is 6.82. The van der Waals surface area contributed by atoms with Crippen molar-refractivity contribution in [2.24, 2.45) is 5.73 Å². The van der Waals surface area contributed by atoms with Crippen molar-refractivity contribution in [3.8, 4) is 0 Å². The van der Waals surface area contributed by atoms with Gasteiger partial charge in [0.1, 0.15) is 0 Å². The number of nitrogens with one attached hydrogen (secondary N) is 1. The van der Waals surface area contributed by atoms with Crippen LogP contribution in [-0.4, -0.2) is 14.5 Å². The average Bonchev–Trinajstić information content (AvgIpc) is 2.27. The Hall–Kier alpha value is -0.430. The van der Waals surface area contributed by atoms with E-state index in [0.29, 0.717) is 11.0 Å². The van der Waals surface area contributed by atoms with Crippen LogP contribution in [0.4, 0.5) is 0 Å². The molecule has 0 saturated carbocycles. The summed E-state index contributed by atoms with van der Waals surface area (Å²) in [5.41, 5.74) is 6.40. The predicted octanol–water partition coefficient (Wildman–Crippen LogP) is 2.37. The molecule has 0 saturated heterocycles. The fourth-order valence-electron chi connectivity index (χ4n) is 1.71. The molecule has 0 bridgehead atoms. The van der Waals surface area contributed by atoms with Crippen molar-refractivity contribution in [2.75, 3.05) is 0 Å². The number of sulfonamides is 1. The van der Waals surface area contributed by atoms with Crippen LogP contribution in [0.5, 0.6) is 0 Å². The Balaban J connectivity index is 2.98. The Morgan fingerprint density at radius 3 is 2.61 bits per heavy atom. The minimum absolute atomic E-state index is 0.0684. The summed E-state index contributed by atoms with van der Waals surface area (Å²) < 4.78 is 27.5. The topological polar surface area (TPSA) is 72.2 Å². The molecule has 1 unspecified atom stereocenters. The molecular formula is C12H19BrN2O2S. The third-order valence-electron chi connectivity index (χ3n) is 2.60. The molecule has 102 valence electrons. The van der Waals surface area contributed by atoms with E-state index in [1.807, 2.05) is 13.8 Å². The molecule has 1 aromatic rings. The van der Waals surface area contributed by atoms with Gasteiger partial charge in [-0.3, -0.25) is 0 Å². The van der Waals surface area contributed by atoms with Gasteiger partial charge in [0.25, 0.3) is 0 Å². The van der Waals surface area contributed by atoms with E-state index in [4.69, 9.17) is 5.73 Å². The molecule has 4 nitrogen and oxygen atoms in total. The van der Waals surface area contributed by atoms with Crippen LogP contribution in [0.2, 0.25) is 0 Å². The van der Waals surface area contributed by atoms with Crippen molar-refractivity contribution < 1.29 is 8.42 Å². The van der Waals surface area contributed by atoms with E-state index in [0.717, 1.165) is 18.4 Å². The molecule has 6 heteroatoms. The maximum Gasteiger partial charge on any atom is 0.241 e. The van der Waals surface area contributed by atoms with Crippen LogP contribution in [0.15, 0.2) is 27.6 Å². The molecule has 0 aliphatic heterocycles. The lowest BCUT2D eigenvalue weighted by molar-refractivity contribution is 0.543. The molecular weight excluding hydrogens is 316 g/mol. The smallest absolute Gasteiger partial charge is 0.241 e. The van der Waals surface area contributed by atoms with E-state index in [1.165, 1.54) is 0 Å². The van der Waals surface area contributed by atoms with Crippen LogP contribution in [0.25, 0.3) is 0 Å². The quantitative estimate of drug-likeness (QED) is 0.838. The second-order valence-electron chi connectivity index (χ2n) is 4.28. The second kappa shape index (κ2) is 6.65. The molecule has 0 amide bonds. The van der Waals surface area contributed by atoms with Crippen molar-refractivity contribution in [2.45, 2.75) is 44.2 Å². The van der Waals surface area contributed by atoms with Gasteiger partial charge in [-0.15, -0.1) is 0 Å². The van der Waals surface area contributed by atoms with E-state index in [-0.39, 0.29) is 10.9 Å². The van der Waals surface area contributed by atoms with Crippen LogP contribution in [0.1, 0.15) is 32.3 Å². The van der Waals surface area contributed by atoms with Crippen LogP contribution in [-0.2, 0) is 16.6 Å². The molecule has 0 aliphatic carbocycles. The van der Waals surface area contributed by atoms with Gasteiger partial charge in [-0.05, 0) is 47.0 Å². The lowest BCUT2D eigenvalue weighted by Gasteiger charge is -2.14. The molecule has 0 heterocycles. The number of nitrogens with two attached hydrogens (primary N) is 1. The number of hydrogen-bond donors (Lipinski definition) is 2. The summed E-state index contributed by atoms with van der Waals surface area (Å²) in [5, 5.41) is 0. The summed E-state index contributed by atoms with van der Waals surface area (Å²) in [5.74, 6) is 0. The highest BCUT2D eigenvalue weighted by molar-refractivity contribution is 9.10. The molecule has 18 heavy (non-hydrogen) atoms. The Morgan fingerprint density at radius 1 is 1.44 bits per heavy atom. The Bertz CT molecular complexity index is 503. The van der Waals surface area contributed by atoms with Crippen molar-refractivity contribution >= 4 is 26.0 Å².